The van der Waals surface area contributed by atoms with E-state index in [0.717, 1.165) is 62.2 Å². The number of aromatic nitrogens is 1. The van der Waals surface area contributed by atoms with E-state index in [9.17, 15) is 4.79 Å². The molecule has 6 heteroatoms. The lowest BCUT2D eigenvalue weighted by Gasteiger charge is -2.35. The van der Waals surface area contributed by atoms with Crippen LogP contribution in [0.2, 0.25) is 0 Å². The maximum atomic E-state index is 12.6. The van der Waals surface area contributed by atoms with Gasteiger partial charge >= 0.3 is 0 Å². The van der Waals surface area contributed by atoms with Crippen LogP contribution in [-0.2, 0) is 9.53 Å². The first-order valence-electron chi connectivity index (χ1n) is 11.9. The van der Waals surface area contributed by atoms with Crippen molar-refractivity contribution in [2.75, 3.05) is 30.3 Å². The summed E-state index contributed by atoms with van der Waals surface area (Å²) in [6.45, 7) is 9.01. The molecule has 0 bridgehead atoms. The minimum absolute atomic E-state index is 0.000603. The van der Waals surface area contributed by atoms with Gasteiger partial charge in [-0.05, 0) is 87.8 Å². The third-order valence-corrected chi connectivity index (χ3v) is 6.63. The summed E-state index contributed by atoms with van der Waals surface area (Å²) in [5, 5.41) is 10.0. The van der Waals surface area contributed by atoms with E-state index < -0.39 is 0 Å². The quantitative estimate of drug-likeness (QED) is 0.612. The zero-order valence-electron chi connectivity index (χ0n) is 19.5. The molecule has 4 rings (SSSR count). The highest BCUT2D eigenvalue weighted by Gasteiger charge is 2.28. The maximum absolute atomic E-state index is 12.6. The Kier molecular flexibility index (Phi) is 7.11. The molecular formula is C26H36N4O2. The average Bonchev–Trinajstić information content (AvgIpc) is 2.78. The Bertz CT molecular complexity index is 922. The number of nitrogens with zero attached hydrogens (tertiary/aromatic N) is 1. The number of rotatable bonds is 6. The van der Waals surface area contributed by atoms with Gasteiger partial charge < -0.3 is 20.7 Å². The molecule has 6 nitrogen and oxygen atoms in total. The van der Waals surface area contributed by atoms with E-state index in [2.05, 4.69) is 66.0 Å². The lowest BCUT2D eigenvalue weighted by molar-refractivity contribution is -0.120. The number of hydrogen-bond donors (Lipinski definition) is 3. The van der Waals surface area contributed by atoms with Crippen LogP contribution in [0, 0.1) is 11.8 Å². The third kappa shape index (κ3) is 6.08. The second-order valence-corrected chi connectivity index (χ2v) is 9.93. The Morgan fingerprint density at radius 1 is 1.19 bits per heavy atom. The Morgan fingerprint density at radius 2 is 2.03 bits per heavy atom. The largest absolute Gasteiger partial charge is 0.385 e. The summed E-state index contributed by atoms with van der Waals surface area (Å²) >= 11 is 0. The van der Waals surface area contributed by atoms with Gasteiger partial charge in [-0.25, -0.2) is 4.98 Å². The van der Waals surface area contributed by atoms with Gasteiger partial charge in [0.25, 0.3) is 0 Å². The van der Waals surface area contributed by atoms with Crippen LogP contribution in [0.15, 0.2) is 42.6 Å². The first kappa shape index (κ1) is 22.7. The van der Waals surface area contributed by atoms with Gasteiger partial charge in [-0.1, -0.05) is 12.1 Å². The predicted molar refractivity (Wildman–Crippen MR) is 130 cm³/mol. The highest BCUT2D eigenvalue weighted by atomic mass is 16.5. The molecule has 1 aromatic heterocycles. The van der Waals surface area contributed by atoms with Crippen molar-refractivity contribution in [3.63, 3.8) is 0 Å². The molecule has 0 spiro atoms. The van der Waals surface area contributed by atoms with Crippen LogP contribution < -0.4 is 16.0 Å². The molecular weight excluding hydrogens is 400 g/mol. The molecule has 0 aliphatic carbocycles. The monoisotopic (exact) mass is 436 g/mol. The summed E-state index contributed by atoms with van der Waals surface area (Å²) in [7, 11) is 0. The molecule has 2 aliphatic rings. The van der Waals surface area contributed by atoms with Gasteiger partial charge in [-0.2, -0.15) is 0 Å². The second-order valence-electron chi connectivity index (χ2n) is 9.93. The van der Waals surface area contributed by atoms with Crippen LogP contribution in [0.25, 0.3) is 11.1 Å². The average molecular weight is 437 g/mol. The van der Waals surface area contributed by atoms with Crippen LogP contribution in [0.3, 0.4) is 0 Å². The lowest BCUT2D eigenvalue weighted by Crippen LogP contribution is -2.41. The third-order valence-electron chi connectivity index (χ3n) is 6.63. The van der Waals surface area contributed by atoms with Crippen molar-refractivity contribution < 1.29 is 9.53 Å². The van der Waals surface area contributed by atoms with Gasteiger partial charge in [0, 0.05) is 37.6 Å². The van der Waals surface area contributed by atoms with Gasteiger partial charge in [0.05, 0.1) is 11.5 Å². The van der Waals surface area contributed by atoms with Gasteiger partial charge in [0.1, 0.15) is 5.82 Å². The number of amides is 1. The Morgan fingerprint density at radius 3 is 2.81 bits per heavy atom. The summed E-state index contributed by atoms with van der Waals surface area (Å²) in [6, 6.07) is 12.9. The number of carbonyl (C=O) groups is 1. The molecule has 0 saturated carbocycles. The summed E-state index contributed by atoms with van der Waals surface area (Å²) in [6.07, 6.45) is 5.87. The van der Waals surface area contributed by atoms with Crippen molar-refractivity contribution in [1.29, 1.82) is 0 Å². The number of pyridine rings is 1. The maximum Gasteiger partial charge on any atom is 0.229 e. The number of hydrogen-bond acceptors (Lipinski definition) is 5. The van der Waals surface area contributed by atoms with Crippen molar-refractivity contribution in [1.82, 2.24) is 10.3 Å². The number of benzene rings is 1. The van der Waals surface area contributed by atoms with Gasteiger partial charge in [-0.3, -0.25) is 4.79 Å². The molecule has 2 aliphatic heterocycles. The van der Waals surface area contributed by atoms with Gasteiger partial charge in [0.2, 0.25) is 5.91 Å². The Balaban J connectivity index is 1.38. The molecule has 1 amide bonds. The van der Waals surface area contributed by atoms with E-state index in [0.29, 0.717) is 17.8 Å². The van der Waals surface area contributed by atoms with Crippen LogP contribution in [0.1, 0.15) is 46.5 Å². The van der Waals surface area contributed by atoms with Crippen molar-refractivity contribution in [2.45, 2.75) is 58.1 Å². The van der Waals surface area contributed by atoms with Crippen LogP contribution in [0.4, 0.5) is 11.5 Å². The van der Waals surface area contributed by atoms with Crippen LogP contribution in [0.5, 0.6) is 0 Å². The van der Waals surface area contributed by atoms with E-state index in [1.807, 2.05) is 12.1 Å². The second kappa shape index (κ2) is 10.0. The number of carbonyl (C=O) groups excluding carboxylic acids is 1. The minimum atomic E-state index is -0.0315. The minimum Gasteiger partial charge on any atom is -0.385 e. The molecule has 3 heterocycles. The topological polar surface area (TPSA) is 75.3 Å². The van der Waals surface area contributed by atoms with E-state index in [4.69, 9.17) is 4.74 Å². The first-order chi connectivity index (χ1) is 15.4. The van der Waals surface area contributed by atoms with Crippen LogP contribution in [-0.4, -0.2) is 42.2 Å². The van der Waals surface area contributed by atoms with Gasteiger partial charge in [0.15, 0.2) is 0 Å². The highest BCUT2D eigenvalue weighted by molar-refractivity contribution is 5.92. The van der Waals surface area contributed by atoms with Crippen molar-refractivity contribution in [2.24, 2.45) is 11.8 Å². The number of anilines is 2. The highest BCUT2D eigenvalue weighted by Crippen LogP contribution is 2.29. The molecule has 0 radical (unpaired) electrons. The fourth-order valence-electron chi connectivity index (χ4n) is 4.73. The molecule has 32 heavy (non-hydrogen) atoms. The van der Waals surface area contributed by atoms with E-state index in [-0.39, 0.29) is 17.4 Å². The summed E-state index contributed by atoms with van der Waals surface area (Å²) < 4.78 is 5.84. The summed E-state index contributed by atoms with van der Waals surface area (Å²) in [5.41, 5.74) is 3.22. The molecule has 0 unspecified atom stereocenters. The molecule has 172 valence electrons. The lowest BCUT2D eigenvalue weighted by atomic mass is 9.88. The molecule has 2 fully saturated rings. The number of ether oxygens (including phenoxy) is 1. The fraction of sp³-hybridized carbons (Fsp3) is 0.538. The van der Waals surface area contributed by atoms with Crippen molar-refractivity contribution in [3.05, 3.63) is 42.6 Å². The Hall–Kier alpha value is -2.44. The SMILES string of the molecule is C[C@@H]1CC[C@@H](C(=O)Nc2cc(-c3cccc(NC[C@@H]4CCOC(C)(C)C4)c3)ccn2)CN1. The van der Waals surface area contributed by atoms with Crippen molar-refractivity contribution in [3.8, 4) is 11.1 Å². The first-order valence-corrected chi connectivity index (χ1v) is 11.9. The smallest absolute Gasteiger partial charge is 0.229 e. The molecule has 3 N–H and O–H groups in total. The van der Waals surface area contributed by atoms with Crippen molar-refractivity contribution >= 4 is 17.4 Å². The zero-order chi connectivity index (χ0) is 22.6. The van der Waals surface area contributed by atoms with E-state index in [1.165, 1.54) is 0 Å². The number of nitrogens with one attached hydrogen (secondary N) is 3. The molecule has 2 saturated heterocycles. The Labute approximate surface area is 191 Å². The van der Waals surface area contributed by atoms with E-state index >= 15 is 0 Å². The summed E-state index contributed by atoms with van der Waals surface area (Å²) in [5.74, 6) is 1.26. The van der Waals surface area contributed by atoms with E-state index in [1.54, 1.807) is 6.20 Å². The standard InChI is InChI=1S/C26H36N4O2/c1-18-7-8-22(17-28-18)25(31)30-24-14-21(9-11-27-24)20-5-4-6-23(13-20)29-16-19-10-12-32-26(2,3)15-19/h4-6,9,11,13-14,18-19,22,28-29H,7-8,10,12,15-17H2,1-3H3,(H,27,30,31)/t18-,19-,22-/m1/s1. The molecule has 1 aromatic carbocycles. The molecule has 2 aromatic rings. The zero-order valence-corrected chi connectivity index (χ0v) is 19.5. The fourth-order valence-corrected chi connectivity index (χ4v) is 4.73. The normalized spacial score (nSPS) is 25.2. The van der Waals surface area contributed by atoms with Crippen LogP contribution >= 0.6 is 0 Å². The predicted octanol–water partition coefficient (Wildman–Crippen LogP) is 4.69. The number of piperidine rings is 1. The molecule has 3 atom stereocenters. The summed E-state index contributed by atoms with van der Waals surface area (Å²) in [4.78, 5) is 17.0. The van der Waals surface area contributed by atoms with Gasteiger partial charge in [-0.15, -0.1) is 0 Å².